The number of benzene rings is 1. The van der Waals surface area contributed by atoms with E-state index in [0.717, 1.165) is 0 Å². The maximum Gasteiger partial charge on any atom is 0.167 e. The molecule has 1 aromatic carbocycles. The van der Waals surface area contributed by atoms with Crippen LogP contribution in [-0.4, -0.2) is 16.3 Å². The molecule has 2 aromatic rings. The van der Waals surface area contributed by atoms with Crippen LogP contribution >= 0.6 is 11.6 Å². The summed E-state index contributed by atoms with van der Waals surface area (Å²) < 4.78 is 13.4. The van der Waals surface area contributed by atoms with Crippen LogP contribution in [0.25, 0.3) is 11.4 Å². The van der Waals surface area contributed by atoms with Crippen LogP contribution in [0, 0.1) is 5.82 Å². The topological polar surface area (TPSA) is 45.8 Å². The van der Waals surface area contributed by atoms with Crippen LogP contribution in [0.1, 0.15) is 10.5 Å². The molecule has 0 aliphatic carbocycles. The van der Waals surface area contributed by atoms with Crippen molar-refractivity contribution in [1.29, 1.82) is 0 Å². The van der Waals surface area contributed by atoms with Crippen LogP contribution < -0.4 is 0 Å². The van der Waals surface area contributed by atoms with Gasteiger partial charge in [0.1, 0.15) is 11.6 Å². The molecule has 0 spiro atoms. The average Bonchev–Trinajstić information content (AvgIpc) is 2.66. The number of aldehydes is 1. The lowest BCUT2D eigenvalue weighted by Gasteiger charge is -2.01. The monoisotopic (exact) mass is 224 g/mol. The highest BCUT2D eigenvalue weighted by molar-refractivity contribution is 6.33. The fourth-order valence-corrected chi connectivity index (χ4v) is 1.50. The highest BCUT2D eigenvalue weighted by Crippen LogP contribution is 2.27. The van der Waals surface area contributed by atoms with Crippen molar-refractivity contribution >= 4 is 17.9 Å². The van der Waals surface area contributed by atoms with Gasteiger partial charge in [-0.25, -0.2) is 9.37 Å². The third-order valence-electron chi connectivity index (χ3n) is 1.92. The Kier molecular flexibility index (Phi) is 2.51. The van der Waals surface area contributed by atoms with E-state index in [2.05, 4.69) is 9.97 Å². The first-order valence-corrected chi connectivity index (χ1v) is 4.54. The molecule has 0 fully saturated rings. The first-order valence-electron chi connectivity index (χ1n) is 4.17. The quantitative estimate of drug-likeness (QED) is 0.798. The lowest BCUT2D eigenvalue weighted by Crippen LogP contribution is -1.88. The highest BCUT2D eigenvalue weighted by atomic mass is 35.5. The number of nitrogens with one attached hydrogen (secondary N) is 1. The first kappa shape index (κ1) is 9.86. The summed E-state index contributed by atoms with van der Waals surface area (Å²) in [5.74, 6) is -0.227. The minimum atomic E-state index is -0.478. The molecular weight excluding hydrogens is 219 g/mol. The molecule has 0 atom stereocenters. The minimum absolute atomic E-state index is 0.173. The Bertz CT molecular complexity index is 490. The number of aromatic nitrogens is 2. The second kappa shape index (κ2) is 3.82. The standard InChI is InChI=1S/C10H6ClFN2O/c11-7-2-1-3-8(12)9(7)10-13-4-6(5-15)14-10/h1-5H,(H,13,14). The molecule has 0 radical (unpaired) electrons. The highest BCUT2D eigenvalue weighted by Gasteiger charge is 2.12. The van der Waals surface area contributed by atoms with E-state index in [1.54, 1.807) is 6.07 Å². The Labute approximate surface area is 89.9 Å². The van der Waals surface area contributed by atoms with Crippen molar-refractivity contribution < 1.29 is 9.18 Å². The van der Waals surface area contributed by atoms with Crippen molar-refractivity contribution in [2.45, 2.75) is 0 Å². The zero-order valence-corrected chi connectivity index (χ0v) is 8.25. The summed E-state index contributed by atoms with van der Waals surface area (Å²) in [6, 6.07) is 4.35. The van der Waals surface area contributed by atoms with Crippen molar-refractivity contribution in [1.82, 2.24) is 9.97 Å². The van der Waals surface area contributed by atoms with Crippen molar-refractivity contribution in [2.24, 2.45) is 0 Å². The summed E-state index contributed by atoms with van der Waals surface area (Å²) >= 11 is 5.83. The Morgan fingerprint density at radius 2 is 2.27 bits per heavy atom. The molecule has 3 nitrogen and oxygen atoms in total. The molecule has 76 valence electrons. The van der Waals surface area contributed by atoms with Gasteiger partial charge in [0.15, 0.2) is 6.29 Å². The van der Waals surface area contributed by atoms with Crippen LogP contribution in [0.15, 0.2) is 24.4 Å². The van der Waals surface area contributed by atoms with E-state index < -0.39 is 5.82 Å². The number of halogens is 2. The smallest absolute Gasteiger partial charge is 0.167 e. The zero-order chi connectivity index (χ0) is 10.8. The van der Waals surface area contributed by atoms with E-state index in [0.29, 0.717) is 6.29 Å². The molecule has 5 heteroatoms. The largest absolute Gasteiger partial charge is 0.336 e. The number of nitrogens with zero attached hydrogens (tertiary/aromatic N) is 1. The Morgan fingerprint density at radius 3 is 2.87 bits per heavy atom. The fraction of sp³-hybridized carbons (Fsp3) is 0. The van der Waals surface area contributed by atoms with E-state index in [1.165, 1.54) is 18.3 Å². The molecule has 0 amide bonds. The summed E-state index contributed by atoms with van der Waals surface area (Å²) in [6.07, 6.45) is 1.93. The van der Waals surface area contributed by atoms with Crippen LogP contribution in [0.4, 0.5) is 4.39 Å². The third kappa shape index (κ3) is 1.76. The van der Waals surface area contributed by atoms with Gasteiger partial charge in [0.2, 0.25) is 0 Å². The first-order chi connectivity index (χ1) is 7.22. The van der Waals surface area contributed by atoms with Crippen LogP contribution in [0.5, 0.6) is 0 Å². The molecule has 1 N–H and O–H groups in total. The molecule has 0 saturated heterocycles. The van der Waals surface area contributed by atoms with Crippen LogP contribution in [0.3, 0.4) is 0 Å². The number of hydrogen-bond acceptors (Lipinski definition) is 2. The summed E-state index contributed by atoms with van der Waals surface area (Å²) in [4.78, 5) is 16.9. The van der Waals surface area contributed by atoms with Gasteiger partial charge < -0.3 is 4.98 Å². The zero-order valence-electron chi connectivity index (χ0n) is 7.50. The number of carbonyl (C=O) groups excluding carboxylic acids is 1. The van der Waals surface area contributed by atoms with E-state index in [1.807, 2.05) is 0 Å². The predicted molar refractivity (Wildman–Crippen MR) is 54.4 cm³/mol. The van der Waals surface area contributed by atoms with Crippen molar-refractivity contribution in [2.75, 3.05) is 0 Å². The number of aromatic amines is 1. The molecule has 0 aliphatic heterocycles. The van der Waals surface area contributed by atoms with Gasteiger partial charge in [0, 0.05) is 0 Å². The van der Waals surface area contributed by atoms with Crippen LogP contribution in [-0.2, 0) is 0 Å². The molecule has 1 heterocycles. The van der Waals surface area contributed by atoms with Gasteiger partial charge in [-0.05, 0) is 12.1 Å². The van der Waals surface area contributed by atoms with Crippen molar-refractivity contribution in [3.8, 4) is 11.4 Å². The van der Waals surface area contributed by atoms with Gasteiger partial charge in [0.25, 0.3) is 0 Å². The Hall–Kier alpha value is -1.68. The van der Waals surface area contributed by atoms with Gasteiger partial charge in [-0.2, -0.15) is 0 Å². The van der Waals surface area contributed by atoms with Crippen LogP contribution in [0.2, 0.25) is 5.02 Å². The van der Waals surface area contributed by atoms with Gasteiger partial charge in [-0.1, -0.05) is 17.7 Å². The lowest BCUT2D eigenvalue weighted by atomic mass is 10.2. The second-order valence-electron chi connectivity index (χ2n) is 2.90. The molecule has 15 heavy (non-hydrogen) atoms. The Morgan fingerprint density at radius 1 is 1.47 bits per heavy atom. The predicted octanol–water partition coefficient (Wildman–Crippen LogP) is 2.68. The number of hydrogen-bond donors (Lipinski definition) is 1. The van der Waals surface area contributed by atoms with E-state index >= 15 is 0 Å². The fourth-order valence-electron chi connectivity index (χ4n) is 1.25. The maximum atomic E-state index is 13.4. The summed E-state index contributed by atoms with van der Waals surface area (Å²) in [6.45, 7) is 0. The molecule has 1 aromatic heterocycles. The summed E-state index contributed by atoms with van der Waals surface area (Å²) in [7, 11) is 0. The van der Waals surface area contributed by atoms with Gasteiger partial charge >= 0.3 is 0 Å². The van der Waals surface area contributed by atoms with Gasteiger partial charge in [-0.3, -0.25) is 4.79 Å². The van der Waals surface area contributed by atoms with E-state index in [-0.39, 0.29) is 22.1 Å². The summed E-state index contributed by atoms with van der Waals surface area (Å²) in [5.41, 5.74) is 0.455. The second-order valence-corrected chi connectivity index (χ2v) is 3.31. The van der Waals surface area contributed by atoms with Gasteiger partial charge in [-0.15, -0.1) is 0 Å². The SMILES string of the molecule is O=Cc1cnc(-c2c(F)cccc2Cl)[nH]1. The number of carbonyl (C=O) groups is 1. The molecule has 0 aliphatic rings. The molecule has 0 unspecified atom stereocenters. The molecule has 0 saturated carbocycles. The Balaban J connectivity index is 2.58. The normalized spacial score (nSPS) is 10.3. The third-order valence-corrected chi connectivity index (χ3v) is 2.24. The maximum absolute atomic E-state index is 13.4. The van der Waals surface area contributed by atoms with Crippen molar-refractivity contribution in [3.63, 3.8) is 0 Å². The average molecular weight is 225 g/mol. The summed E-state index contributed by atoms with van der Waals surface area (Å²) in [5, 5.41) is 0.252. The number of H-pyrrole nitrogens is 1. The van der Waals surface area contributed by atoms with E-state index in [4.69, 9.17) is 11.6 Å². The molecular formula is C10H6ClFN2O. The lowest BCUT2D eigenvalue weighted by molar-refractivity contribution is 0.111. The van der Waals surface area contributed by atoms with Gasteiger partial charge in [0.05, 0.1) is 22.5 Å². The number of imidazole rings is 1. The molecule has 2 rings (SSSR count). The van der Waals surface area contributed by atoms with E-state index in [9.17, 15) is 9.18 Å². The number of rotatable bonds is 2. The molecule has 0 bridgehead atoms. The minimum Gasteiger partial charge on any atom is -0.336 e. The van der Waals surface area contributed by atoms with Crippen molar-refractivity contribution in [3.05, 3.63) is 40.9 Å².